The number of rotatable bonds is 3. The van der Waals surface area contributed by atoms with Crippen molar-refractivity contribution in [2.24, 2.45) is 0 Å². The van der Waals surface area contributed by atoms with Crippen molar-refractivity contribution in [3.63, 3.8) is 0 Å². The van der Waals surface area contributed by atoms with Gasteiger partial charge in [-0.2, -0.15) is 5.10 Å². The largest absolute Gasteiger partial charge is 0.344 e. The lowest BCUT2D eigenvalue weighted by molar-refractivity contribution is 0.0927. The number of carbonyl (C=O) groups is 1. The molecule has 126 valence electrons. The van der Waals surface area contributed by atoms with E-state index in [0.717, 1.165) is 36.2 Å². The monoisotopic (exact) mass is 337 g/mol. The summed E-state index contributed by atoms with van der Waals surface area (Å²) < 4.78 is 15.0. The molecule has 0 spiro atoms. The van der Waals surface area contributed by atoms with Crippen LogP contribution in [0.1, 0.15) is 40.6 Å². The molecule has 7 heteroatoms. The number of hydrogen-bond acceptors (Lipinski definition) is 4. The molecule has 0 saturated heterocycles. The first-order valence-corrected chi connectivity index (χ1v) is 8.12. The van der Waals surface area contributed by atoms with Gasteiger partial charge in [0.05, 0.1) is 24.1 Å². The van der Waals surface area contributed by atoms with E-state index in [4.69, 9.17) is 0 Å². The number of nitrogens with zero attached hydrogens (tertiary/aromatic N) is 4. The second-order valence-corrected chi connectivity index (χ2v) is 5.94. The highest BCUT2D eigenvalue weighted by Crippen LogP contribution is 2.31. The molecule has 6 nitrogen and oxygen atoms in total. The smallest absolute Gasteiger partial charge is 0.271 e. The number of carbonyl (C=O) groups excluding carboxylic acids is 1. The number of nitrogens with one attached hydrogen (secondary N) is 1. The minimum Gasteiger partial charge on any atom is -0.344 e. The number of amides is 1. The molecule has 1 amide bonds. The van der Waals surface area contributed by atoms with E-state index in [-0.39, 0.29) is 17.8 Å². The molecule has 1 aromatic carbocycles. The van der Waals surface area contributed by atoms with Crippen molar-refractivity contribution in [2.45, 2.75) is 25.3 Å². The molecule has 1 aliphatic carbocycles. The van der Waals surface area contributed by atoms with Crippen LogP contribution in [-0.4, -0.2) is 25.7 Å². The van der Waals surface area contributed by atoms with Crippen LogP contribution in [0.15, 0.2) is 49.1 Å². The van der Waals surface area contributed by atoms with Gasteiger partial charge in [-0.1, -0.05) is 0 Å². The zero-order valence-electron chi connectivity index (χ0n) is 13.4. The molecule has 1 atom stereocenters. The highest BCUT2D eigenvalue weighted by Gasteiger charge is 2.26. The Hall–Kier alpha value is -3.09. The highest BCUT2D eigenvalue weighted by molar-refractivity contribution is 5.92. The van der Waals surface area contributed by atoms with Crippen molar-refractivity contribution in [3.8, 4) is 5.69 Å². The van der Waals surface area contributed by atoms with Gasteiger partial charge in [-0.05, 0) is 43.5 Å². The molecule has 2 heterocycles. The summed E-state index contributed by atoms with van der Waals surface area (Å²) in [6, 6.07) is 6.11. The van der Waals surface area contributed by atoms with Crippen LogP contribution < -0.4 is 5.32 Å². The third kappa shape index (κ3) is 3.00. The molecule has 0 aliphatic heterocycles. The van der Waals surface area contributed by atoms with Crippen LogP contribution >= 0.6 is 0 Å². The van der Waals surface area contributed by atoms with Gasteiger partial charge in [0.1, 0.15) is 11.5 Å². The lowest BCUT2D eigenvalue weighted by atomic mass is 9.92. The summed E-state index contributed by atoms with van der Waals surface area (Å²) in [7, 11) is 0. The topological polar surface area (TPSA) is 72.7 Å². The molecular weight excluding hydrogens is 321 g/mol. The van der Waals surface area contributed by atoms with Crippen molar-refractivity contribution < 1.29 is 9.18 Å². The fourth-order valence-electron chi connectivity index (χ4n) is 3.16. The van der Waals surface area contributed by atoms with Gasteiger partial charge in [-0.3, -0.25) is 9.78 Å². The average molecular weight is 337 g/mol. The van der Waals surface area contributed by atoms with Crippen LogP contribution in [0.25, 0.3) is 5.69 Å². The molecule has 2 aromatic heterocycles. The van der Waals surface area contributed by atoms with Crippen LogP contribution in [0.3, 0.4) is 0 Å². The molecular formula is C18H16FN5O. The van der Waals surface area contributed by atoms with E-state index in [1.807, 2.05) is 4.68 Å². The highest BCUT2D eigenvalue weighted by atomic mass is 19.1. The predicted octanol–water partition coefficient (Wildman–Crippen LogP) is 2.61. The second kappa shape index (κ2) is 6.43. The Labute approximate surface area is 143 Å². The number of aromatic nitrogens is 4. The van der Waals surface area contributed by atoms with Gasteiger partial charge in [0, 0.05) is 23.7 Å². The predicted molar refractivity (Wildman–Crippen MR) is 88.7 cm³/mol. The van der Waals surface area contributed by atoms with Gasteiger partial charge >= 0.3 is 0 Å². The molecule has 0 saturated carbocycles. The molecule has 0 radical (unpaired) electrons. The van der Waals surface area contributed by atoms with E-state index in [0.29, 0.717) is 5.69 Å². The van der Waals surface area contributed by atoms with E-state index in [1.165, 1.54) is 30.7 Å². The number of fused-ring (bicyclic) bond motifs is 1. The molecule has 3 aromatic rings. The Morgan fingerprint density at radius 1 is 1.20 bits per heavy atom. The number of halogens is 1. The molecule has 0 fully saturated rings. The third-order valence-corrected chi connectivity index (χ3v) is 4.36. The molecule has 4 rings (SSSR count). The summed E-state index contributed by atoms with van der Waals surface area (Å²) in [6.07, 6.45) is 8.89. The van der Waals surface area contributed by atoms with Gasteiger partial charge in [-0.15, -0.1) is 0 Å². The SMILES string of the molecule is O=C(N[C@@H]1CCCc2c1cnn2-c1ccc(F)cc1)c1cnccn1. The summed E-state index contributed by atoms with van der Waals surface area (Å²) >= 11 is 0. The summed E-state index contributed by atoms with van der Waals surface area (Å²) in [5.74, 6) is -0.528. The quantitative estimate of drug-likeness (QED) is 0.797. The van der Waals surface area contributed by atoms with Gasteiger partial charge in [0.2, 0.25) is 0 Å². The summed E-state index contributed by atoms with van der Waals surface area (Å²) in [4.78, 5) is 20.3. The van der Waals surface area contributed by atoms with Crippen molar-refractivity contribution in [3.05, 3.63) is 71.8 Å². The fraction of sp³-hybridized carbons (Fsp3) is 0.222. The maximum Gasteiger partial charge on any atom is 0.271 e. The van der Waals surface area contributed by atoms with Crippen LogP contribution in [0, 0.1) is 5.82 Å². The molecule has 0 bridgehead atoms. The first-order chi connectivity index (χ1) is 12.2. The van der Waals surface area contributed by atoms with E-state index in [1.54, 1.807) is 18.3 Å². The normalized spacial score (nSPS) is 16.3. The molecule has 1 N–H and O–H groups in total. The van der Waals surface area contributed by atoms with Crippen LogP contribution in [0.2, 0.25) is 0 Å². The van der Waals surface area contributed by atoms with Gasteiger partial charge in [0.15, 0.2) is 0 Å². The molecule has 0 unspecified atom stereocenters. The van der Waals surface area contributed by atoms with Gasteiger partial charge in [-0.25, -0.2) is 14.1 Å². The maximum absolute atomic E-state index is 13.1. The summed E-state index contributed by atoms with van der Waals surface area (Å²) in [6.45, 7) is 0. The Morgan fingerprint density at radius 3 is 2.80 bits per heavy atom. The Kier molecular flexibility index (Phi) is 3.97. The fourth-order valence-corrected chi connectivity index (χ4v) is 3.16. The Balaban J connectivity index is 1.61. The van der Waals surface area contributed by atoms with Crippen LogP contribution in [0.5, 0.6) is 0 Å². The second-order valence-electron chi connectivity index (χ2n) is 5.94. The lowest BCUT2D eigenvalue weighted by Gasteiger charge is -2.24. The Morgan fingerprint density at radius 2 is 2.04 bits per heavy atom. The average Bonchev–Trinajstić information content (AvgIpc) is 3.08. The molecule has 1 aliphatic rings. The van der Waals surface area contributed by atoms with E-state index < -0.39 is 0 Å². The Bertz CT molecular complexity index is 892. The molecule has 25 heavy (non-hydrogen) atoms. The third-order valence-electron chi connectivity index (χ3n) is 4.36. The van der Waals surface area contributed by atoms with Crippen molar-refractivity contribution in [1.29, 1.82) is 0 Å². The maximum atomic E-state index is 13.1. The van der Waals surface area contributed by atoms with Crippen molar-refractivity contribution >= 4 is 5.91 Å². The van der Waals surface area contributed by atoms with Crippen LogP contribution in [0.4, 0.5) is 4.39 Å². The minimum atomic E-state index is -0.279. The van der Waals surface area contributed by atoms with Crippen LogP contribution in [-0.2, 0) is 6.42 Å². The first kappa shape index (κ1) is 15.4. The van der Waals surface area contributed by atoms with Crippen molar-refractivity contribution in [2.75, 3.05) is 0 Å². The zero-order valence-corrected chi connectivity index (χ0v) is 13.4. The van der Waals surface area contributed by atoms with Crippen molar-refractivity contribution in [1.82, 2.24) is 25.1 Å². The number of hydrogen-bond donors (Lipinski definition) is 1. The first-order valence-electron chi connectivity index (χ1n) is 8.12. The zero-order chi connectivity index (χ0) is 17.2. The van der Waals surface area contributed by atoms with E-state index >= 15 is 0 Å². The van der Waals surface area contributed by atoms with Gasteiger partial charge < -0.3 is 5.32 Å². The summed E-state index contributed by atoms with van der Waals surface area (Å²) in [5, 5.41) is 7.45. The van der Waals surface area contributed by atoms with Gasteiger partial charge in [0.25, 0.3) is 5.91 Å². The summed E-state index contributed by atoms with van der Waals surface area (Å²) in [5.41, 5.74) is 3.14. The lowest BCUT2D eigenvalue weighted by Crippen LogP contribution is -2.31. The number of benzene rings is 1. The van der Waals surface area contributed by atoms with E-state index in [2.05, 4.69) is 20.4 Å². The minimum absolute atomic E-state index is 0.118. The standard InChI is InChI=1S/C18H16FN5O/c19-12-4-6-13(7-5-12)24-17-3-1-2-15(14(17)10-22-24)23-18(25)16-11-20-8-9-21-16/h4-11,15H,1-3H2,(H,23,25)/t15-/m1/s1. The van der Waals surface area contributed by atoms with E-state index in [9.17, 15) is 9.18 Å².